The van der Waals surface area contributed by atoms with Crippen molar-refractivity contribution in [2.75, 3.05) is 19.6 Å². The average molecular weight is 406 g/mol. The van der Waals surface area contributed by atoms with E-state index in [-0.39, 0.29) is 18.2 Å². The van der Waals surface area contributed by atoms with Gasteiger partial charge >= 0.3 is 5.97 Å². The molecule has 0 spiro atoms. The number of benzene rings is 1. The zero-order valence-corrected chi connectivity index (χ0v) is 17.3. The topological polar surface area (TPSA) is 116 Å². The van der Waals surface area contributed by atoms with Gasteiger partial charge in [-0.15, -0.1) is 0 Å². The molecule has 1 aliphatic rings. The van der Waals surface area contributed by atoms with Gasteiger partial charge in [-0.3, -0.25) is 10.1 Å². The Hall–Kier alpha value is -2.38. The first-order valence-electron chi connectivity index (χ1n) is 10.3. The minimum atomic E-state index is -0.965. The Kier molecular flexibility index (Phi) is 11.7. The summed E-state index contributed by atoms with van der Waals surface area (Å²) in [5, 5.41) is 21.9. The van der Waals surface area contributed by atoms with E-state index < -0.39 is 18.1 Å². The van der Waals surface area contributed by atoms with Crippen LogP contribution in [-0.4, -0.2) is 58.7 Å². The first kappa shape index (κ1) is 24.7. The highest BCUT2D eigenvalue weighted by atomic mass is 16.4. The van der Waals surface area contributed by atoms with Gasteiger partial charge in [0.05, 0.1) is 12.6 Å². The molecule has 1 aliphatic heterocycles. The first-order valence-corrected chi connectivity index (χ1v) is 10.3. The molecule has 2 rings (SSSR count). The third-order valence-electron chi connectivity index (χ3n) is 4.88. The lowest BCUT2D eigenvalue weighted by molar-refractivity contribution is -0.147. The first-order chi connectivity index (χ1) is 13.9. The third kappa shape index (κ3) is 9.11. The van der Waals surface area contributed by atoms with Crippen LogP contribution >= 0.6 is 0 Å². The van der Waals surface area contributed by atoms with Crippen molar-refractivity contribution in [1.82, 2.24) is 10.2 Å². The number of hydrogen-bond acceptors (Lipinski definition) is 5. The number of unbranched alkanes of at least 4 members (excludes halogenated alkanes) is 1. The number of nitrogens with two attached hydrogens (primary N) is 1. The molecule has 0 radical (unpaired) electrons. The van der Waals surface area contributed by atoms with Crippen LogP contribution in [0.1, 0.15) is 44.6 Å². The molecule has 1 aromatic rings. The summed E-state index contributed by atoms with van der Waals surface area (Å²) in [6.45, 7) is 6.99. The molecule has 162 valence electrons. The fourth-order valence-electron chi connectivity index (χ4n) is 3.18. The largest absolute Gasteiger partial charge is 0.511 e. The number of carboxylic acid groups (broad SMARTS) is 1. The molecule has 0 aliphatic carbocycles. The monoisotopic (exact) mass is 405 g/mol. The molecular weight excluding hydrogens is 370 g/mol. The summed E-state index contributed by atoms with van der Waals surface area (Å²) in [5.74, 6) is -1.24. The molecule has 5 N–H and O–H groups in total. The number of nitrogens with one attached hydrogen (secondary N) is 1. The van der Waals surface area contributed by atoms with Crippen molar-refractivity contribution in [2.24, 2.45) is 5.73 Å². The lowest BCUT2D eigenvalue weighted by Gasteiger charge is -2.23. The average Bonchev–Trinajstić information content (AvgIpc) is 3.20. The van der Waals surface area contributed by atoms with Gasteiger partial charge in [0.2, 0.25) is 5.91 Å². The second-order valence-corrected chi connectivity index (χ2v) is 7.17. The van der Waals surface area contributed by atoms with Gasteiger partial charge in [-0.1, -0.05) is 50.3 Å². The maximum absolute atomic E-state index is 12.3. The fraction of sp³-hybridized carbons (Fsp3) is 0.545. The van der Waals surface area contributed by atoms with Crippen LogP contribution in [0.25, 0.3) is 0 Å². The number of aliphatic hydroxyl groups is 1. The zero-order chi connectivity index (χ0) is 21.6. The van der Waals surface area contributed by atoms with Crippen LogP contribution in [0, 0.1) is 0 Å². The third-order valence-corrected chi connectivity index (χ3v) is 4.88. The van der Waals surface area contributed by atoms with E-state index >= 15 is 0 Å². The summed E-state index contributed by atoms with van der Waals surface area (Å²) >= 11 is 0. The summed E-state index contributed by atoms with van der Waals surface area (Å²) < 4.78 is 0. The molecule has 0 saturated carbocycles. The number of carbonyl (C=O) groups is 2. The number of amides is 1. The highest BCUT2D eigenvalue weighted by Crippen LogP contribution is 2.17. The van der Waals surface area contributed by atoms with Gasteiger partial charge in [-0.2, -0.15) is 0 Å². The number of aryl methyl sites for hydroxylation is 1. The SMILES string of the molecule is C=C(O)C(CCc1ccccc1)NCC(=O)N1CCC[C@H]1C(=O)O.CCCCN. The molecule has 0 bridgehead atoms. The predicted octanol–water partition coefficient (Wildman–Crippen LogP) is 2.47. The standard InChI is InChI=1S/C18H24N2O4.C4H11N/c1-13(21)15(10-9-14-6-3-2-4-7-14)19-12-17(22)20-11-5-8-16(20)18(23)24;1-2-3-4-5/h2-4,6-7,15-16,19,21H,1,5,8-12H2,(H,23,24);2-5H2,1H3/t15?,16-;/m0./s1. The predicted molar refractivity (Wildman–Crippen MR) is 115 cm³/mol. The summed E-state index contributed by atoms with van der Waals surface area (Å²) in [4.78, 5) is 24.8. The maximum Gasteiger partial charge on any atom is 0.326 e. The van der Waals surface area contributed by atoms with Crippen molar-refractivity contribution in [2.45, 2.75) is 57.5 Å². The van der Waals surface area contributed by atoms with E-state index in [2.05, 4.69) is 18.8 Å². The molecule has 7 heteroatoms. The molecule has 1 fully saturated rings. The van der Waals surface area contributed by atoms with Gasteiger partial charge in [0.25, 0.3) is 0 Å². The van der Waals surface area contributed by atoms with Gasteiger partial charge < -0.3 is 20.8 Å². The van der Waals surface area contributed by atoms with Gasteiger partial charge in [0.1, 0.15) is 11.8 Å². The molecule has 1 saturated heterocycles. The minimum Gasteiger partial charge on any atom is -0.511 e. The molecule has 1 amide bonds. The minimum absolute atomic E-state index is 0.0111. The quantitative estimate of drug-likeness (QED) is 0.445. The Labute approximate surface area is 173 Å². The van der Waals surface area contributed by atoms with Crippen molar-refractivity contribution in [3.63, 3.8) is 0 Å². The normalized spacial score (nSPS) is 16.6. The van der Waals surface area contributed by atoms with E-state index in [4.69, 9.17) is 10.8 Å². The van der Waals surface area contributed by atoms with E-state index in [9.17, 15) is 14.7 Å². The fourth-order valence-corrected chi connectivity index (χ4v) is 3.18. The van der Waals surface area contributed by atoms with Crippen LogP contribution in [0.5, 0.6) is 0 Å². The van der Waals surface area contributed by atoms with E-state index in [0.29, 0.717) is 25.8 Å². The number of aliphatic hydroxyl groups excluding tert-OH is 1. The number of nitrogens with zero attached hydrogens (tertiary/aromatic N) is 1. The van der Waals surface area contributed by atoms with Crippen LogP contribution in [0.15, 0.2) is 42.7 Å². The Morgan fingerprint density at radius 2 is 2.00 bits per heavy atom. The molecule has 0 aromatic heterocycles. The van der Waals surface area contributed by atoms with Crippen molar-refractivity contribution in [3.05, 3.63) is 48.2 Å². The number of carbonyl (C=O) groups excluding carboxylic acids is 1. The second kappa shape index (κ2) is 13.7. The van der Waals surface area contributed by atoms with Crippen LogP contribution < -0.4 is 11.1 Å². The molecule has 1 heterocycles. The van der Waals surface area contributed by atoms with Crippen molar-refractivity contribution >= 4 is 11.9 Å². The Bertz CT molecular complexity index is 634. The Morgan fingerprint density at radius 3 is 2.52 bits per heavy atom. The highest BCUT2D eigenvalue weighted by Gasteiger charge is 2.33. The van der Waals surface area contributed by atoms with Gasteiger partial charge in [-0.25, -0.2) is 4.79 Å². The Balaban J connectivity index is 0.000000749. The summed E-state index contributed by atoms with van der Waals surface area (Å²) in [5.41, 5.74) is 6.28. The van der Waals surface area contributed by atoms with E-state index in [1.807, 2.05) is 30.3 Å². The second-order valence-electron chi connectivity index (χ2n) is 7.17. The molecule has 29 heavy (non-hydrogen) atoms. The van der Waals surface area contributed by atoms with Crippen LogP contribution in [-0.2, 0) is 16.0 Å². The summed E-state index contributed by atoms with van der Waals surface area (Å²) in [7, 11) is 0. The number of hydrogen-bond donors (Lipinski definition) is 4. The van der Waals surface area contributed by atoms with Crippen molar-refractivity contribution in [3.8, 4) is 0 Å². The number of likely N-dealkylation sites (tertiary alicyclic amines) is 1. The van der Waals surface area contributed by atoms with E-state index in [0.717, 1.165) is 18.5 Å². The molecule has 2 atom stereocenters. The summed E-state index contributed by atoms with van der Waals surface area (Å²) in [6, 6.07) is 8.72. The smallest absolute Gasteiger partial charge is 0.326 e. The molecule has 7 nitrogen and oxygen atoms in total. The van der Waals surface area contributed by atoms with Crippen LogP contribution in [0.3, 0.4) is 0 Å². The highest BCUT2D eigenvalue weighted by molar-refractivity contribution is 5.85. The lowest BCUT2D eigenvalue weighted by Crippen LogP contribution is -2.46. The summed E-state index contributed by atoms with van der Waals surface area (Å²) in [6.07, 6.45) is 4.93. The molecular formula is C22H35N3O4. The maximum atomic E-state index is 12.3. The van der Waals surface area contributed by atoms with Crippen molar-refractivity contribution < 1.29 is 19.8 Å². The number of rotatable bonds is 10. The lowest BCUT2D eigenvalue weighted by atomic mass is 10.0. The molecule has 1 unspecified atom stereocenters. The van der Waals surface area contributed by atoms with Crippen LogP contribution in [0.4, 0.5) is 0 Å². The zero-order valence-electron chi connectivity index (χ0n) is 17.3. The van der Waals surface area contributed by atoms with Gasteiger partial charge in [-0.05, 0) is 44.2 Å². The van der Waals surface area contributed by atoms with Crippen molar-refractivity contribution in [1.29, 1.82) is 0 Å². The molecule has 1 aromatic carbocycles. The van der Waals surface area contributed by atoms with Crippen LogP contribution in [0.2, 0.25) is 0 Å². The Morgan fingerprint density at radius 1 is 1.31 bits per heavy atom. The van der Waals surface area contributed by atoms with Gasteiger partial charge in [0.15, 0.2) is 0 Å². The number of carboxylic acids is 1. The number of aliphatic carboxylic acids is 1. The van der Waals surface area contributed by atoms with Gasteiger partial charge in [0, 0.05) is 6.54 Å². The van der Waals surface area contributed by atoms with E-state index in [1.165, 1.54) is 17.7 Å². The van der Waals surface area contributed by atoms with E-state index in [1.54, 1.807) is 0 Å².